The van der Waals surface area contributed by atoms with Crippen molar-refractivity contribution in [1.29, 1.82) is 0 Å². The molecule has 1 fully saturated rings. The number of carbonyl (C=O) groups excluding carboxylic acids is 1. The first-order valence-electron chi connectivity index (χ1n) is 7.74. The maximum Gasteiger partial charge on any atom is 0.254 e. The van der Waals surface area contributed by atoms with Gasteiger partial charge in [0.15, 0.2) is 0 Å². The van der Waals surface area contributed by atoms with Crippen LogP contribution >= 0.6 is 0 Å². The second-order valence-electron chi connectivity index (χ2n) is 6.14. The van der Waals surface area contributed by atoms with Crippen LogP contribution < -0.4 is 5.32 Å². The Morgan fingerprint density at radius 1 is 1.23 bits per heavy atom. The summed E-state index contributed by atoms with van der Waals surface area (Å²) in [6.07, 6.45) is 5.12. The van der Waals surface area contributed by atoms with Crippen LogP contribution in [0.2, 0.25) is 0 Å². The topological polar surface area (TPSA) is 45.5 Å². The smallest absolute Gasteiger partial charge is 0.254 e. The van der Waals surface area contributed by atoms with Gasteiger partial charge in [0.1, 0.15) is 6.26 Å². The van der Waals surface area contributed by atoms with Gasteiger partial charge < -0.3 is 14.6 Å². The Balaban J connectivity index is 1.76. The number of carbonyl (C=O) groups is 1. The number of hydrogen-bond donors (Lipinski definition) is 1. The van der Waals surface area contributed by atoms with E-state index < -0.39 is 0 Å². The Bertz CT molecular complexity index is 599. The molecule has 0 aliphatic carbocycles. The molecule has 1 aliphatic heterocycles. The number of amides is 1. The molecule has 1 aromatic carbocycles. The lowest BCUT2D eigenvalue weighted by Gasteiger charge is -2.41. The van der Waals surface area contributed by atoms with Gasteiger partial charge in [-0.1, -0.05) is 30.3 Å². The third-order valence-corrected chi connectivity index (χ3v) is 4.70. The zero-order chi connectivity index (χ0) is 15.4. The largest absolute Gasteiger partial charge is 0.472 e. The first-order chi connectivity index (χ1) is 10.7. The van der Waals surface area contributed by atoms with Crippen LogP contribution in [-0.2, 0) is 5.41 Å². The summed E-state index contributed by atoms with van der Waals surface area (Å²) < 4.78 is 4.98. The molecule has 1 amide bonds. The van der Waals surface area contributed by atoms with Crippen molar-refractivity contribution in [3.05, 3.63) is 60.1 Å². The molecule has 1 N–H and O–H groups in total. The number of rotatable bonds is 4. The minimum absolute atomic E-state index is 0.0210. The molecule has 1 aromatic heterocycles. The van der Waals surface area contributed by atoms with Crippen molar-refractivity contribution in [1.82, 2.24) is 10.2 Å². The fraction of sp³-hybridized carbons (Fsp3) is 0.389. The second kappa shape index (κ2) is 6.36. The molecule has 1 aliphatic rings. The van der Waals surface area contributed by atoms with Gasteiger partial charge >= 0.3 is 0 Å². The number of piperidine rings is 1. The first kappa shape index (κ1) is 14.9. The average Bonchev–Trinajstić information content (AvgIpc) is 3.10. The molecule has 0 radical (unpaired) electrons. The van der Waals surface area contributed by atoms with Gasteiger partial charge in [0, 0.05) is 12.0 Å². The number of nitrogens with zero attached hydrogens (tertiary/aromatic N) is 1. The van der Waals surface area contributed by atoms with Crippen molar-refractivity contribution in [2.75, 3.05) is 26.7 Å². The molecule has 2 heterocycles. The number of hydrogen-bond acceptors (Lipinski definition) is 3. The molecular formula is C18H22N2O2. The molecule has 1 saturated heterocycles. The van der Waals surface area contributed by atoms with Gasteiger partial charge in [-0.2, -0.15) is 0 Å². The van der Waals surface area contributed by atoms with E-state index in [9.17, 15) is 4.79 Å². The lowest BCUT2D eigenvalue weighted by Crippen LogP contribution is -2.48. The quantitative estimate of drug-likeness (QED) is 0.944. The highest BCUT2D eigenvalue weighted by atomic mass is 16.3. The minimum atomic E-state index is -0.0667. The van der Waals surface area contributed by atoms with Gasteiger partial charge in [-0.3, -0.25) is 4.79 Å². The Labute approximate surface area is 131 Å². The highest BCUT2D eigenvalue weighted by molar-refractivity contribution is 5.93. The van der Waals surface area contributed by atoms with Crippen LogP contribution in [0, 0.1) is 0 Å². The molecule has 0 saturated carbocycles. The van der Waals surface area contributed by atoms with E-state index in [0.717, 1.165) is 25.9 Å². The maximum absolute atomic E-state index is 12.2. The highest BCUT2D eigenvalue weighted by Gasteiger charge is 2.35. The summed E-state index contributed by atoms with van der Waals surface area (Å²) in [6.45, 7) is 2.77. The van der Waals surface area contributed by atoms with Crippen molar-refractivity contribution in [2.24, 2.45) is 0 Å². The van der Waals surface area contributed by atoms with E-state index in [1.807, 2.05) is 6.07 Å². The SMILES string of the molecule is CN1CCC(CNC(=O)c2ccoc2)(c2ccccc2)CC1. The zero-order valence-electron chi connectivity index (χ0n) is 12.9. The van der Waals surface area contributed by atoms with Gasteiger partial charge in [0.2, 0.25) is 0 Å². The second-order valence-corrected chi connectivity index (χ2v) is 6.14. The van der Waals surface area contributed by atoms with Crippen molar-refractivity contribution >= 4 is 5.91 Å². The first-order valence-corrected chi connectivity index (χ1v) is 7.74. The Kier molecular flexibility index (Phi) is 4.29. The third-order valence-electron chi connectivity index (χ3n) is 4.70. The molecular weight excluding hydrogens is 276 g/mol. The van der Waals surface area contributed by atoms with E-state index in [1.165, 1.54) is 18.1 Å². The average molecular weight is 298 g/mol. The van der Waals surface area contributed by atoms with Crippen LogP contribution in [0.1, 0.15) is 28.8 Å². The molecule has 2 aromatic rings. The normalized spacial score (nSPS) is 18.0. The molecule has 4 nitrogen and oxygen atoms in total. The van der Waals surface area contributed by atoms with Gasteiger partial charge in [-0.25, -0.2) is 0 Å². The van der Waals surface area contributed by atoms with Crippen LogP contribution in [0.4, 0.5) is 0 Å². The summed E-state index contributed by atoms with van der Waals surface area (Å²) in [5.41, 5.74) is 1.92. The predicted octanol–water partition coefficient (Wildman–Crippen LogP) is 2.67. The summed E-state index contributed by atoms with van der Waals surface area (Å²) in [4.78, 5) is 14.6. The molecule has 0 spiro atoms. The Hall–Kier alpha value is -2.07. The van der Waals surface area contributed by atoms with Gasteiger partial charge in [-0.15, -0.1) is 0 Å². The van der Waals surface area contributed by atoms with E-state index in [1.54, 1.807) is 6.07 Å². The van der Waals surface area contributed by atoms with E-state index in [2.05, 4.69) is 41.5 Å². The van der Waals surface area contributed by atoms with Crippen LogP contribution in [0.3, 0.4) is 0 Å². The number of nitrogens with one attached hydrogen (secondary N) is 1. The van der Waals surface area contributed by atoms with E-state index in [-0.39, 0.29) is 11.3 Å². The Morgan fingerprint density at radius 3 is 2.59 bits per heavy atom. The summed E-state index contributed by atoms with van der Waals surface area (Å²) in [7, 11) is 2.15. The fourth-order valence-corrected chi connectivity index (χ4v) is 3.15. The number of likely N-dealkylation sites (tertiary alicyclic amines) is 1. The summed E-state index contributed by atoms with van der Waals surface area (Å²) >= 11 is 0. The number of furan rings is 1. The minimum Gasteiger partial charge on any atom is -0.472 e. The monoisotopic (exact) mass is 298 g/mol. The van der Waals surface area contributed by atoms with E-state index in [0.29, 0.717) is 12.1 Å². The van der Waals surface area contributed by atoms with E-state index >= 15 is 0 Å². The molecule has 4 heteroatoms. The molecule has 0 unspecified atom stereocenters. The molecule has 0 bridgehead atoms. The van der Waals surface area contributed by atoms with Crippen molar-refractivity contribution < 1.29 is 9.21 Å². The standard InChI is InChI=1S/C18H22N2O2/c1-20-10-8-18(9-11-20,16-5-3-2-4-6-16)14-19-17(21)15-7-12-22-13-15/h2-7,12-13H,8-11,14H2,1H3,(H,19,21). The highest BCUT2D eigenvalue weighted by Crippen LogP contribution is 2.34. The maximum atomic E-state index is 12.2. The number of benzene rings is 1. The molecule has 3 rings (SSSR count). The van der Waals surface area contributed by atoms with Crippen LogP contribution in [-0.4, -0.2) is 37.5 Å². The molecule has 0 atom stereocenters. The lowest BCUT2D eigenvalue weighted by molar-refractivity contribution is 0.0927. The summed E-state index contributed by atoms with van der Waals surface area (Å²) in [5, 5.41) is 3.09. The molecule has 116 valence electrons. The van der Waals surface area contributed by atoms with Gasteiger partial charge in [-0.05, 0) is 44.6 Å². The van der Waals surface area contributed by atoms with Crippen molar-refractivity contribution in [3.8, 4) is 0 Å². The summed E-state index contributed by atoms with van der Waals surface area (Å²) in [5.74, 6) is -0.0667. The lowest BCUT2D eigenvalue weighted by atomic mass is 9.72. The Morgan fingerprint density at radius 2 is 1.95 bits per heavy atom. The molecule has 22 heavy (non-hydrogen) atoms. The summed E-state index contributed by atoms with van der Waals surface area (Å²) in [6, 6.07) is 12.2. The zero-order valence-corrected chi connectivity index (χ0v) is 12.9. The van der Waals surface area contributed by atoms with Gasteiger partial charge in [0.25, 0.3) is 5.91 Å². The predicted molar refractivity (Wildman–Crippen MR) is 85.9 cm³/mol. The third kappa shape index (κ3) is 3.07. The van der Waals surface area contributed by atoms with Crippen molar-refractivity contribution in [2.45, 2.75) is 18.3 Å². The van der Waals surface area contributed by atoms with E-state index in [4.69, 9.17) is 4.42 Å². The van der Waals surface area contributed by atoms with Crippen LogP contribution in [0.15, 0.2) is 53.3 Å². The van der Waals surface area contributed by atoms with Crippen LogP contribution in [0.5, 0.6) is 0 Å². The fourth-order valence-electron chi connectivity index (χ4n) is 3.15. The van der Waals surface area contributed by atoms with Crippen molar-refractivity contribution in [3.63, 3.8) is 0 Å². The van der Waals surface area contributed by atoms with Crippen LogP contribution in [0.25, 0.3) is 0 Å². The van der Waals surface area contributed by atoms with Gasteiger partial charge in [0.05, 0.1) is 11.8 Å².